The average Bonchev–Trinajstić information content (AvgIpc) is 2.87. The molecular weight excluding hydrogens is 148 g/mol. The molecule has 0 amide bonds. The molecule has 12 heavy (non-hydrogen) atoms. The molecule has 1 aliphatic heterocycles. The highest BCUT2D eigenvalue weighted by Crippen LogP contribution is 2.43. The zero-order valence-electron chi connectivity index (χ0n) is 7.92. The maximum absolute atomic E-state index is 5.76. The van der Waals surface area contributed by atoms with Crippen LogP contribution in [0.25, 0.3) is 0 Å². The fourth-order valence-corrected chi connectivity index (χ4v) is 2.55. The maximum Gasteiger partial charge on any atom is 0.00417 e. The van der Waals surface area contributed by atoms with Crippen molar-refractivity contribution in [1.29, 1.82) is 0 Å². The predicted octanol–water partition coefficient (Wildman–Crippen LogP) is 0.969. The van der Waals surface area contributed by atoms with Gasteiger partial charge in [-0.3, -0.25) is 0 Å². The minimum absolute atomic E-state index is 0.721. The molecule has 0 spiro atoms. The molecule has 1 aliphatic carbocycles. The molecule has 2 heteroatoms. The second-order valence-electron chi connectivity index (χ2n) is 4.54. The van der Waals surface area contributed by atoms with Crippen LogP contribution in [0, 0.1) is 17.8 Å². The molecule has 0 aromatic heterocycles. The summed E-state index contributed by atoms with van der Waals surface area (Å²) in [6.45, 7) is 4.32. The molecule has 2 nitrogen and oxygen atoms in total. The monoisotopic (exact) mass is 168 g/mol. The van der Waals surface area contributed by atoms with Gasteiger partial charge in [-0.15, -0.1) is 0 Å². The Morgan fingerprint density at radius 3 is 2.75 bits per heavy atom. The van der Waals surface area contributed by atoms with E-state index in [0.717, 1.165) is 36.9 Å². The van der Waals surface area contributed by atoms with Crippen LogP contribution < -0.4 is 11.1 Å². The third-order valence-corrected chi connectivity index (χ3v) is 3.49. The zero-order valence-corrected chi connectivity index (χ0v) is 7.92. The van der Waals surface area contributed by atoms with Crippen molar-refractivity contribution in [2.75, 3.05) is 13.1 Å². The van der Waals surface area contributed by atoms with Crippen LogP contribution in [0.2, 0.25) is 0 Å². The van der Waals surface area contributed by atoms with Crippen LogP contribution in [0.1, 0.15) is 26.2 Å². The van der Waals surface area contributed by atoms with Crippen LogP contribution in [0.15, 0.2) is 0 Å². The molecule has 1 saturated carbocycles. The third-order valence-electron chi connectivity index (χ3n) is 3.49. The molecule has 2 rings (SSSR count). The molecule has 1 saturated heterocycles. The van der Waals surface area contributed by atoms with Crippen LogP contribution >= 0.6 is 0 Å². The van der Waals surface area contributed by atoms with Gasteiger partial charge < -0.3 is 11.1 Å². The van der Waals surface area contributed by atoms with Gasteiger partial charge in [0.15, 0.2) is 0 Å². The molecule has 3 N–H and O–H groups in total. The van der Waals surface area contributed by atoms with E-state index in [9.17, 15) is 0 Å². The molecule has 70 valence electrons. The maximum atomic E-state index is 5.76. The fraction of sp³-hybridized carbons (Fsp3) is 1.00. The molecule has 0 radical (unpaired) electrons. The van der Waals surface area contributed by atoms with Gasteiger partial charge in [-0.25, -0.2) is 0 Å². The summed E-state index contributed by atoms with van der Waals surface area (Å²) < 4.78 is 0. The van der Waals surface area contributed by atoms with E-state index >= 15 is 0 Å². The summed E-state index contributed by atoms with van der Waals surface area (Å²) in [6.07, 6.45) is 4.29. The standard InChI is InChI=1S/C10H20N2/c1-7-4-10(8-2-3-8)9(5-11)6-12-7/h7-10,12H,2-6,11H2,1H3. The molecular formula is C10H20N2. The van der Waals surface area contributed by atoms with Crippen LogP contribution in [0.5, 0.6) is 0 Å². The molecule has 0 aromatic carbocycles. The lowest BCUT2D eigenvalue weighted by Gasteiger charge is -2.35. The molecule has 3 unspecified atom stereocenters. The van der Waals surface area contributed by atoms with Crippen molar-refractivity contribution < 1.29 is 0 Å². The summed E-state index contributed by atoms with van der Waals surface area (Å²) in [5.74, 6) is 2.73. The van der Waals surface area contributed by atoms with Gasteiger partial charge in [0, 0.05) is 6.04 Å². The Hall–Kier alpha value is -0.0800. The SMILES string of the molecule is CC1CC(C2CC2)C(CN)CN1. The Labute approximate surface area is 74.9 Å². The lowest BCUT2D eigenvalue weighted by molar-refractivity contribution is 0.198. The van der Waals surface area contributed by atoms with Gasteiger partial charge >= 0.3 is 0 Å². The van der Waals surface area contributed by atoms with E-state index in [4.69, 9.17) is 5.73 Å². The predicted molar refractivity (Wildman–Crippen MR) is 50.8 cm³/mol. The summed E-state index contributed by atoms with van der Waals surface area (Å²) in [4.78, 5) is 0. The Morgan fingerprint density at radius 1 is 1.42 bits per heavy atom. The third kappa shape index (κ3) is 1.64. The van der Waals surface area contributed by atoms with Gasteiger partial charge in [0.2, 0.25) is 0 Å². The molecule has 1 heterocycles. The summed E-state index contributed by atoms with van der Waals surface area (Å²) >= 11 is 0. The minimum Gasteiger partial charge on any atom is -0.330 e. The van der Waals surface area contributed by atoms with Crippen molar-refractivity contribution in [3.05, 3.63) is 0 Å². The fourth-order valence-electron chi connectivity index (χ4n) is 2.55. The van der Waals surface area contributed by atoms with Crippen LogP contribution in [-0.2, 0) is 0 Å². The zero-order chi connectivity index (χ0) is 8.55. The first-order chi connectivity index (χ1) is 5.81. The van der Waals surface area contributed by atoms with E-state index in [1.165, 1.54) is 19.3 Å². The van der Waals surface area contributed by atoms with Crippen molar-refractivity contribution in [3.63, 3.8) is 0 Å². The molecule has 2 aliphatic rings. The minimum atomic E-state index is 0.721. The van der Waals surface area contributed by atoms with Gasteiger partial charge in [-0.05, 0) is 57.0 Å². The van der Waals surface area contributed by atoms with E-state index in [2.05, 4.69) is 12.2 Å². The van der Waals surface area contributed by atoms with E-state index in [1.54, 1.807) is 0 Å². The molecule has 2 fully saturated rings. The van der Waals surface area contributed by atoms with Crippen molar-refractivity contribution >= 4 is 0 Å². The first-order valence-electron chi connectivity index (χ1n) is 5.24. The van der Waals surface area contributed by atoms with E-state index < -0.39 is 0 Å². The largest absolute Gasteiger partial charge is 0.330 e. The normalized spacial score (nSPS) is 43.0. The highest BCUT2D eigenvalue weighted by Gasteiger charge is 2.38. The van der Waals surface area contributed by atoms with Crippen molar-refractivity contribution in [1.82, 2.24) is 5.32 Å². The number of hydrogen-bond donors (Lipinski definition) is 2. The van der Waals surface area contributed by atoms with Crippen LogP contribution in [0.3, 0.4) is 0 Å². The van der Waals surface area contributed by atoms with Gasteiger partial charge in [0.25, 0.3) is 0 Å². The second-order valence-corrected chi connectivity index (χ2v) is 4.54. The summed E-state index contributed by atoms with van der Waals surface area (Å²) in [5.41, 5.74) is 5.76. The molecule has 0 bridgehead atoms. The summed E-state index contributed by atoms with van der Waals surface area (Å²) in [5, 5.41) is 3.52. The topological polar surface area (TPSA) is 38.0 Å². The first-order valence-corrected chi connectivity index (χ1v) is 5.24. The quantitative estimate of drug-likeness (QED) is 0.645. The van der Waals surface area contributed by atoms with Crippen LogP contribution in [-0.4, -0.2) is 19.1 Å². The molecule has 3 atom stereocenters. The highest BCUT2D eigenvalue weighted by atomic mass is 14.9. The van der Waals surface area contributed by atoms with E-state index in [-0.39, 0.29) is 0 Å². The van der Waals surface area contributed by atoms with Gasteiger partial charge in [0.1, 0.15) is 0 Å². The van der Waals surface area contributed by atoms with Crippen LogP contribution in [0.4, 0.5) is 0 Å². The lowest BCUT2D eigenvalue weighted by atomic mass is 9.80. The van der Waals surface area contributed by atoms with Gasteiger partial charge in [-0.1, -0.05) is 0 Å². The number of piperidine rings is 1. The Balaban J connectivity index is 1.94. The highest BCUT2D eigenvalue weighted by molar-refractivity contribution is 4.91. The number of rotatable bonds is 2. The Morgan fingerprint density at radius 2 is 2.17 bits per heavy atom. The van der Waals surface area contributed by atoms with Crippen molar-refractivity contribution in [2.24, 2.45) is 23.5 Å². The number of nitrogens with two attached hydrogens (primary N) is 1. The first kappa shape index (κ1) is 8.52. The number of hydrogen-bond acceptors (Lipinski definition) is 2. The molecule has 0 aromatic rings. The Kier molecular flexibility index (Phi) is 2.37. The van der Waals surface area contributed by atoms with Crippen molar-refractivity contribution in [3.8, 4) is 0 Å². The Bertz CT molecular complexity index is 154. The van der Waals surface area contributed by atoms with Crippen molar-refractivity contribution in [2.45, 2.75) is 32.2 Å². The van der Waals surface area contributed by atoms with E-state index in [0.29, 0.717) is 0 Å². The van der Waals surface area contributed by atoms with Gasteiger partial charge in [-0.2, -0.15) is 0 Å². The number of nitrogens with one attached hydrogen (secondary N) is 1. The average molecular weight is 168 g/mol. The second kappa shape index (κ2) is 3.35. The smallest absolute Gasteiger partial charge is 0.00417 e. The van der Waals surface area contributed by atoms with Gasteiger partial charge in [0.05, 0.1) is 0 Å². The summed E-state index contributed by atoms with van der Waals surface area (Å²) in [7, 11) is 0. The van der Waals surface area contributed by atoms with E-state index in [1.807, 2.05) is 0 Å². The lowest BCUT2D eigenvalue weighted by Crippen LogP contribution is -2.45. The summed E-state index contributed by atoms with van der Waals surface area (Å²) in [6, 6.07) is 0.721.